The van der Waals surface area contributed by atoms with Crippen LogP contribution in [0.25, 0.3) is 0 Å². The van der Waals surface area contributed by atoms with Crippen LogP contribution in [0.15, 0.2) is 54.9 Å². The van der Waals surface area contributed by atoms with E-state index in [0.717, 1.165) is 12.0 Å². The van der Waals surface area contributed by atoms with Gasteiger partial charge in [0.1, 0.15) is 6.04 Å². The number of nitrogens with one attached hydrogen (secondary N) is 2. The molecular weight excluding hydrogens is 404 g/mol. The summed E-state index contributed by atoms with van der Waals surface area (Å²) in [5, 5.41) is 5.52. The summed E-state index contributed by atoms with van der Waals surface area (Å²) in [5.41, 5.74) is 6.75. The number of hydrogen-bond acceptors (Lipinski definition) is 5. The molecule has 1 aromatic carbocycles. The van der Waals surface area contributed by atoms with Crippen LogP contribution in [0.4, 0.5) is 0 Å². The molecule has 0 aliphatic heterocycles. The summed E-state index contributed by atoms with van der Waals surface area (Å²) in [7, 11) is 0. The Hall–Kier alpha value is -2.77. The summed E-state index contributed by atoms with van der Waals surface area (Å²) >= 11 is 5.71. The largest absolute Gasteiger partial charge is 0.344 e. The number of alkyl halides is 1. The number of nitrogens with zero attached hydrogens (tertiary/aromatic N) is 1. The lowest BCUT2D eigenvalue weighted by Gasteiger charge is -2.23. The Morgan fingerprint density at radius 3 is 2.40 bits per heavy atom. The summed E-state index contributed by atoms with van der Waals surface area (Å²) in [6.07, 6.45) is 5.16. The molecule has 0 bridgehead atoms. The van der Waals surface area contributed by atoms with Crippen LogP contribution in [-0.4, -0.2) is 47.1 Å². The molecule has 30 heavy (non-hydrogen) atoms. The Bertz CT molecular complexity index is 818. The molecule has 0 saturated carbocycles. The molecule has 0 radical (unpaired) electrons. The van der Waals surface area contributed by atoms with E-state index in [-0.39, 0.29) is 18.1 Å². The Kier molecular flexibility index (Phi) is 9.97. The normalized spacial score (nSPS) is 12.6. The molecule has 2 aromatic rings. The highest BCUT2D eigenvalue weighted by molar-refractivity contribution is 6.28. The number of carbonyl (C=O) groups excluding carboxylic acids is 3. The fourth-order valence-corrected chi connectivity index (χ4v) is 3.16. The number of Topliss-reactive ketones (excluding diaryl/α,β-unsaturated/α-hetero) is 1. The third kappa shape index (κ3) is 7.57. The van der Waals surface area contributed by atoms with Gasteiger partial charge in [-0.15, -0.1) is 11.6 Å². The zero-order valence-electron chi connectivity index (χ0n) is 16.7. The maximum atomic E-state index is 13.0. The molecule has 160 valence electrons. The first kappa shape index (κ1) is 23.5. The molecule has 0 saturated heterocycles. The maximum Gasteiger partial charge on any atom is 0.253 e. The van der Waals surface area contributed by atoms with E-state index < -0.39 is 23.9 Å². The van der Waals surface area contributed by atoms with Crippen molar-refractivity contribution in [2.75, 3.05) is 12.4 Å². The van der Waals surface area contributed by atoms with E-state index in [1.54, 1.807) is 18.3 Å². The van der Waals surface area contributed by atoms with Gasteiger partial charge >= 0.3 is 0 Å². The highest BCUT2D eigenvalue weighted by atomic mass is 35.5. The van der Waals surface area contributed by atoms with Gasteiger partial charge in [0.2, 0.25) is 5.91 Å². The third-order valence-corrected chi connectivity index (χ3v) is 4.88. The number of halogens is 1. The lowest BCUT2D eigenvalue weighted by molar-refractivity contribution is -0.128. The molecular formula is C22H27ClN4O3. The second-order valence-corrected chi connectivity index (χ2v) is 7.17. The number of ketones is 1. The average molecular weight is 431 g/mol. The quantitative estimate of drug-likeness (QED) is 0.351. The van der Waals surface area contributed by atoms with Crippen LogP contribution in [0.2, 0.25) is 0 Å². The monoisotopic (exact) mass is 430 g/mol. The molecule has 1 aromatic heterocycles. The molecule has 1 heterocycles. The fraction of sp³-hybridized carbons (Fsp3) is 0.364. The van der Waals surface area contributed by atoms with Crippen molar-refractivity contribution in [3.8, 4) is 0 Å². The van der Waals surface area contributed by atoms with Gasteiger partial charge in [-0.2, -0.15) is 0 Å². The number of unbranched alkanes of at least 4 members (excludes halogenated alkanes) is 1. The highest BCUT2D eigenvalue weighted by Crippen LogP contribution is 2.08. The Balaban J connectivity index is 2.15. The van der Waals surface area contributed by atoms with Gasteiger partial charge in [0.25, 0.3) is 5.91 Å². The van der Waals surface area contributed by atoms with Crippen molar-refractivity contribution in [3.63, 3.8) is 0 Å². The molecule has 0 fully saturated rings. The van der Waals surface area contributed by atoms with Gasteiger partial charge in [0, 0.05) is 18.8 Å². The number of carbonyl (C=O) groups is 3. The maximum absolute atomic E-state index is 13.0. The molecule has 4 N–H and O–H groups in total. The van der Waals surface area contributed by atoms with E-state index in [2.05, 4.69) is 15.6 Å². The molecule has 2 amide bonds. The topological polar surface area (TPSA) is 114 Å². The molecule has 0 unspecified atom stereocenters. The Morgan fingerprint density at radius 1 is 1.00 bits per heavy atom. The summed E-state index contributed by atoms with van der Waals surface area (Å²) in [6, 6.07) is 11.0. The Morgan fingerprint density at radius 2 is 1.77 bits per heavy atom. The minimum atomic E-state index is -0.861. The first-order valence-corrected chi connectivity index (χ1v) is 10.4. The van der Waals surface area contributed by atoms with Crippen molar-refractivity contribution >= 4 is 29.2 Å². The number of benzene rings is 1. The van der Waals surface area contributed by atoms with E-state index in [1.165, 1.54) is 6.20 Å². The second kappa shape index (κ2) is 12.7. The highest BCUT2D eigenvalue weighted by Gasteiger charge is 2.26. The predicted molar refractivity (Wildman–Crippen MR) is 116 cm³/mol. The molecule has 8 heteroatoms. The summed E-state index contributed by atoms with van der Waals surface area (Å²) in [4.78, 5) is 41.7. The molecule has 2 rings (SSSR count). The van der Waals surface area contributed by atoms with E-state index in [9.17, 15) is 14.4 Å². The van der Waals surface area contributed by atoms with Crippen molar-refractivity contribution in [2.24, 2.45) is 5.73 Å². The molecule has 2 atom stereocenters. The minimum Gasteiger partial charge on any atom is -0.344 e. The molecule has 0 aliphatic carbocycles. The van der Waals surface area contributed by atoms with Gasteiger partial charge < -0.3 is 16.4 Å². The van der Waals surface area contributed by atoms with Crippen molar-refractivity contribution < 1.29 is 14.4 Å². The standard InChI is InChI=1S/C22H27ClN4O3/c23-14-20(28)18(10-4-5-11-24)26-22(30)19(13-16-7-2-1-3-8-16)27-21(29)17-9-6-12-25-15-17/h1-3,6-9,12,15,18-19H,4-5,10-11,13-14,24H2,(H,26,30)(H,27,29)/t18-,19-/m0/s1. The van der Waals surface area contributed by atoms with Crippen molar-refractivity contribution in [1.82, 2.24) is 15.6 Å². The van der Waals surface area contributed by atoms with Crippen LogP contribution >= 0.6 is 11.6 Å². The SMILES string of the molecule is NCCCC[C@H](NC(=O)[C@H](Cc1ccccc1)NC(=O)c1cccnc1)C(=O)CCl. The van der Waals surface area contributed by atoms with Crippen LogP contribution in [0.1, 0.15) is 35.2 Å². The van der Waals surface area contributed by atoms with Gasteiger partial charge in [0.15, 0.2) is 5.78 Å². The van der Waals surface area contributed by atoms with E-state index >= 15 is 0 Å². The first-order valence-electron chi connectivity index (χ1n) is 9.89. The average Bonchev–Trinajstić information content (AvgIpc) is 2.78. The van der Waals surface area contributed by atoms with E-state index in [1.807, 2.05) is 30.3 Å². The van der Waals surface area contributed by atoms with Gasteiger partial charge in [-0.3, -0.25) is 19.4 Å². The smallest absolute Gasteiger partial charge is 0.253 e. The van der Waals surface area contributed by atoms with Crippen LogP contribution < -0.4 is 16.4 Å². The predicted octanol–water partition coefficient (Wildman–Crippen LogP) is 1.84. The van der Waals surface area contributed by atoms with Crippen molar-refractivity contribution in [2.45, 2.75) is 37.8 Å². The van der Waals surface area contributed by atoms with E-state index in [4.69, 9.17) is 17.3 Å². The molecule has 0 aliphatic rings. The Labute approximate surface area is 181 Å². The lowest BCUT2D eigenvalue weighted by atomic mass is 10.0. The zero-order chi connectivity index (χ0) is 21.8. The summed E-state index contributed by atoms with van der Waals surface area (Å²) in [6.45, 7) is 0.507. The van der Waals surface area contributed by atoms with E-state index in [0.29, 0.717) is 24.9 Å². The van der Waals surface area contributed by atoms with Crippen molar-refractivity contribution in [1.29, 1.82) is 0 Å². The molecule has 0 spiro atoms. The minimum absolute atomic E-state index is 0.195. The van der Waals surface area contributed by atoms with Gasteiger partial charge in [-0.25, -0.2) is 0 Å². The van der Waals surface area contributed by atoms with Crippen LogP contribution in [0, 0.1) is 0 Å². The lowest BCUT2D eigenvalue weighted by Crippen LogP contribution is -2.52. The number of hydrogen-bond donors (Lipinski definition) is 3. The first-order chi connectivity index (χ1) is 14.5. The van der Waals surface area contributed by atoms with Crippen LogP contribution in [0.5, 0.6) is 0 Å². The fourth-order valence-electron chi connectivity index (χ4n) is 2.97. The van der Waals surface area contributed by atoms with Gasteiger partial charge in [-0.05, 0) is 43.5 Å². The van der Waals surface area contributed by atoms with Gasteiger partial charge in [0.05, 0.1) is 17.5 Å². The number of rotatable bonds is 12. The third-order valence-electron chi connectivity index (χ3n) is 4.61. The number of amides is 2. The molecule has 7 nitrogen and oxygen atoms in total. The second-order valence-electron chi connectivity index (χ2n) is 6.90. The summed E-state index contributed by atoms with van der Waals surface area (Å²) < 4.78 is 0. The van der Waals surface area contributed by atoms with Gasteiger partial charge in [-0.1, -0.05) is 30.3 Å². The number of aromatic nitrogens is 1. The number of nitrogens with two attached hydrogens (primary N) is 1. The van der Waals surface area contributed by atoms with Crippen molar-refractivity contribution in [3.05, 3.63) is 66.0 Å². The number of pyridine rings is 1. The summed E-state index contributed by atoms with van der Waals surface area (Å²) in [5.74, 6) is -1.31. The van der Waals surface area contributed by atoms with Crippen LogP contribution in [-0.2, 0) is 16.0 Å². The van der Waals surface area contributed by atoms with Crippen LogP contribution in [0.3, 0.4) is 0 Å². The zero-order valence-corrected chi connectivity index (χ0v) is 17.5.